The van der Waals surface area contributed by atoms with Crippen molar-refractivity contribution in [3.63, 3.8) is 0 Å². The third-order valence-corrected chi connectivity index (χ3v) is 8.40. The molecular weight excluding hydrogens is 552 g/mol. The highest BCUT2D eigenvalue weighted by Crippen LogP contribution is 2.30. The number of fused-ring (bicyclic) bond motifs is 1. The van der Waals surface area contributed by atoms with Crippen molar-refractivity contribution in [2.45, 2.75) is 37.2 Å². The minimum Gasteiger partial charge on any atom is -0.336 e. The van der Waals surface area contributed by atoms with E-state index in [4.69, 9.17) is 0 Å². The van der Waals surface area contributed by atoms with E-state index in [1.54, 1.807) is 36.4 Å². The van der Waals surface area contributed by atoms with Gasteiger partial charge in [-0.2, -0.15) is 0 Å². The highest BCUT2D eigenvalue weighted by atomic mass is 32.2. The zero-order valence-electron chi connectivity index (χ0n) is 21.7. The zero-order valence-corrected chi connectivity index (χ0v) is 22.5. The average Bonchev–Trinajstić information content (AvgIpc) is 3.68. The number of aromatic amines is 1. The zero-order chi connectivity index (χ0) is 28.7. The van der Waals surface area contributed by atoms with Gasteiger partial charge in [0.25, 0.3) is 15.6 Å². The summed E-state index contributed by atoms with van der Waals surface area (Å²) in [7, 11) is -3.97. The Hall–Kier alpha value is -4.58. The van der Waals surface area contributed by atoms with Crippen molar-refractivity contribution < 1.29 is 17.2 Å². The number of rotatable bonds is 9. The number of benzene rings is 3. The second-order valence-corrected chi connectivity index (χ2v) is 11.8. The minimum absolute atomic E-state index is 0.163. The maximum Gasteiger partial charge on any atom is 0.333 e. The number of imidazole rings is 1. The smallest absolute Gasteiger partial charge is 0.333 e. The monoisotopic (exact) mass is 577 g/mol. The Kier molecular flexibility index (Phi) is 6.78. The maximum absolute atomic E-state index is 14.3. The summed E-state index contributed by atoms with van der Waals surface area (Å²) in [5.74, 6) is -0.396. The van der Waals surface area contributed by atoms with Gasteiger partial charge in [-0.3, -0.25) is 18.7 Å². The van der Waals surface area contributed by atoms with Crippen LogP contribution in [0.15, 0.2) is 87.3 Å². The SMILES string of the molecule is O=c1c2[nH]c(Cc3ccc(NS(=O)(=O)c4cccc(F)c4)cc3)nc2n(CC2CC2)c(=O)n1Cc1ccccc1F. The molecule has 0 saturated heterocycles. The molecule has 3 aromatic carbocycles. The molecule has 5 aromatic rings. The summed E-state index contributed by atoms with van der Waals surface area (Å²) in [5, 5.41) is 0. The number of hydrogen-bond donors (Lipinski definition) is 2. The molecule has 2 N–H and O–H groups in total. The summed E-state index contributed by atoms with van der Waals surface area (Å²) in [5.41, 5.74) is 0.586. The first-order valence-electron chi connectivity index (χ1n) is 13.0. The fraction of sp³-hybridized carbons (Fsp3) is 0.207. The number of halogens is 2. The van der Waals surface area contributed by atoms with Gasteiger partial charge in [0.2, 0.25) is 0 Å². The summed E-state index contributed by atoms with van der Waals surface area (Å²) < 4.78 is 58.0. The van der Waals surface area contributed by atoms with E-state index in [2.05, 4.69) is 14.7 Å². The molecule has 0 unspecified atom stereocenters. The fourth-order valence-electron chi connectivity index (χ4n) is 4.69. The van der Waals surface area contributed by atoms with Crippen LogP contribution in [-0.2, 0) is 29.5 Å². The van der Waals surface area contributed by atoms with Gasteiger partial charge in [-0.05, 0) is 60.7 Å². The molecule has 0 aliphatic heterocycles. The standard InChI is InChI=1S/C29H25F2N5O4S/c30-21-5-3-6-23(15-21)41(39,40)34-22-12-10-18(11-13-22)14-25-32-26-27(33-25)35(16-19-8-9-19)29(38)36(28(26)37)17-20-4-1-2-7-24(20)31/h1-7,10-13,15,19,34H,8-9,14,16-17H2,(H,32,33). The first-order chi connectivity index (χ1) is 19.7. The molecule has 41 heavy (non-hydrogen) atoms. The third kappa shape index (κ3) is 5.55. The Bertz CT molecular complexity index is 1990. The molecule has 1 fully saturated rings. The Morgan fingerprint density at radius 1 is 0.951 bits per heavy atom. The fourth-order valence-corrected chi connectivity index (χ4v) is 5.78. The number of nitrogens with one attached hydrogen (secondary N) is 2. The highest BCUT2D eigenvalue weighted by Gasteiger charge is 2.26. The Morgan fingerprint density at radius 2 is 1.71 bits per heavy atom. The maximum atomic E-state index is 14.3. The van der Waals surface area contributed by atoms with Gasteiger partial charge in [-0.1, -0.05) is 36.4 Å². The molecular formula is C29H25F2N5O4S. The minimum atomic E-state index is -3.97. The van der Waals surface area contributed by atoms with Crippen LogP contribution in [0.5, 0.6) is 0 Å². The van der Waals surface area contributed by atoms with Crippen LogP contribution in [0, 0.1) is 17.6 Å². The summed E-state index contributed by atoms with van der Waals surface area (Å²) in [4.78, 5) is 34.2. The molecule has 1 aliphatic rings. The van der Waals surface area contributed by atoms with Crippen molar-refractivity contribution in [3.8, 4) is 0 Å². The highest BCUT2D eigenvalue weighted by molar-refractivity contribution is 7.92. The largest absolute Gasteiger partial charge is 0.336 e. The average molecular weight is 578 g/mol. The molecule has 2 aromatic heterocycles. The lowest BCUT2D eigenvalue weighted by atomic mass is 10.1. The molecule has 0 bridgehead atoms. The number of aromatic nitrogens is 4. The van der Waals surface area contributed by atoms with Crippen LogP contribution in [0.1, 0.15) is 29.8 Å². The quantitative estimate of drug-likeness (QED) is 0.274. The van der Waals surface area contributed by atoms with E-state index in [-0.39, 0.29) is 40.3 Å². The van der Waals surface area contributed by atoms with Crippen LogP contribution in [-0.4, -0.2) is 27.5 Å². The van der Waals surface area contributed by atoms with Crippen LogP contribution in [0.4, 0.5) is 14.5 Å². The number of nitrogens with zero attached hydrogens (tertiary/aromatic N) is 3. The van der Waals surface area contributed by atoms with Crippen molar-refractivity contribution >= 4 is 26.9 Å². The third-order valence-electron chi connectivity index (χ3n) is 7.02. The van der Waals surface area contributed by atoms with E-state index >= 15 is 0 Å². The van der Waals surface area contributed by atoms with Gasteiger partial charge in [-0.15, -0.1) is 0 Å². The molecule has 1 saturated carbocycles. The van der Waals surface area contributed by atoms with E-state index in [1.165, 1.54) is 28.8 Å². The van der Waals surface area contributed by atoms with Gasteiger partial charge in [0.15, 0.2) is 5.65 Å². The Balaban J connectivity index is 1.29. The van der Waals surface area contributed by atoms with Gasteiger partial charge in [0.05, 0.1) is 11.4 Å². The first-order valence-corrected chi connectivity index (χ1v) is 14.5. The molecule has 0 radical (unpaired) electrons. The van der Waals surface area contributed by atoms with Crippen LogP contribution in [0.3, 0.4) is 0 Å². The van der Waals surface area contributed by atoms with Crippen LogP contribution in [0.2, 0.25) is 0 Å². The van der Waals surface area contributed by atoms with Crippen molar-refractivity contribution in [2.24, 2.45) is 5.92 Å². The van der Waals surface area contributed by atoms with Crippen molar-refractivity contribution in [3.05, 3.63) is 122 Å². The number of hydrogen-bond acceptors (Lipinski definition) is 5. The number of sulfonamides is 1. The van der Waals surface area contributed by atoms with Gasteiger partial charge < -0.3 is 4.98 Å². The lowest BCUT2D eigenvalue weighted by molar-refractivity contribution is 0.548. The first kappa shape index (κ1) is 26.6. The molecule has 0 spiro atoms. The molecule has 12 heteroatoms. The van der Waals surface area contributed by atoms with Gasteiger partial charge >= 0.3 is 5.69 Å². The lowest BCUT2D eigenvalue weighted by Crippen LogP contribution is -2.40. The summed E-state index contributed by atoms with van der Waals surface area (Å²) in [6, 6.07) is 17.3. The molecule has 2 heterocycles. The van der Waals surface area contributed by atoms with E-state index in [1.807, 2.05) is 0 Å². The van der Waals surface area contributed by atoms with E-state index in [0.717, 1.165) is 35.1 Å². The normalized spacial score (nSPS) is 13.5. The van der Waals surface area contributed by atoms with E-state index < -0.39 is 32.9 Å². The second kappa shape index (κ2) is 10.4. The molecule has 210 valence electrons. The molecule has 0 amide bonds. The molecule has 9 nitrogen and oxygen atoms in total. The number of anilines is 1. The topological polar surface area (TPSA) is 119 Å². The number of H-pyrrole nitrogens is 1. The van der Waals surface area contributed by atoms with Crippen LogP contribution >= 0.6 is 0 Å². The second-order valence-electron chi connectivity index (χ2n) is 10.1. The predicted molar refractivity (Wildman–Crippen MR) is 149 cm³/mol. The molecule has 6 rings (SSSR count). The van der Waals surface area contributed by atoms with E-state index in [0.29, 0.717) is 18.3 Å². The summed E-state index contributed by atoms with van der Waals surface area (Å²) in [6.07, 6.45) is 2.23. The Labute approximate surface area is 233 Å². The van der Waals surface area contributed by atoms with Crippen LogP contribution < -0.4 is 16.0 Å². The molecule has 1 aliphatic carbocycles. The van der Waals surface area contributed by atoms with Crippen LogP contribution in [0.25, 0.3) is 11.2 Å². The summed E-state index contributed by atoms with van der Waals surface area (Å²) >= 11 is 0. The predicted octanol–water partition coefficient (Wildman–Crippen LogP) is 4.01. The van der Waals surface area contributed by atoms with E-state index in [9.17, 15) is 26.8 Å². The van der Waals surface area contributed by atoms with Crippen molar-refractivity contribution in [1.29, 1.82) is 0 Å². The van der Waals surface area contributed by atoms with Gasteiger partial charge in [0, 0.05) is 24.2 Å². The Morgan fingerprint density at radius 3 is 2.41 bits per heavy atom. The lowest BCUT2D eigenvalue weighted by Gasteiger charge is -2.11. The van der Waals surface area contributed by atoms with Gasteiger partial charge in [0.1, 0.15) is 23.0 Å². The van der Waals surface area contributed by atoms with Gasteiger partial charge in [-0.25, -0.2) is 27.0 Å². The van der Waals surface area contributed by atoms with Crippen molar-refractivity contribution in [2.75, 3.05) is 4.72 Å². The van der Waals surface area contributed by atoms with Crippen molar-refractivity contribution in [1.82, 2.24) is 19.1 Å². The molecule has 0 atom stereocenters. The summed E-state index contributed by atoms with van der Waals surface area (Å²) in [6.45, 7) is 0.212.